The van der Waals surface area contributed by atoms with Crippen LogP contribution in [0.3, 0.4) is 0 Å². The maximum absolute atomic E-state index is 5.53. The molecule has 0 aliphatic heterocycles. The summed E-state index contributed by atoms with van der Waals surface area (Å²) in [6.45, 7) is 7.95. The molecule has 0 fully saturated rings. The van der Waals surface area contributed by atoms with Crippen molar-refractivity contribution in [3.63, 3.8) is 0 Å². The summed E-state index contributed by atoms with van der Waals surface area (Å²) in [6, 6.07) is 0. The van der Waals surface area contributed by atoms with Crippen molar-refractivity contribution in [2.24, 2.45) is 0 Å². The fourth-order valence-corrected chi connectivity index (χ4v) is 0.404. The van der Waals surface area contributed by atoms with Gasteiger partial charge in [-0.05, 0) is 24.3 Å². The molecule has 0 radical (unpaired) electrons. The Morgan fingerprint density at radius 3 is 2.10 bits per heavy atom. The predicted octanol–water partition coefficient (Wildman–Crippen LogP) is -5.59. The quantitative estimate of drug-likeness (QED) is 0.345. The van der Waals surface area contributed by atoms with Crippen LogP contribution in [0.4, 0.5) is 0 Å². The number of rotatable bonds is 3. The Bertz CT molecular complexity index is 103. The Morgan fingerprint density at radius 2 is 2.00 bits per heavy atom. The molecule has 0 heterocycles. The summed E-state index contributed by atoms with van der Waals surface area (Å²) >= 11 is 5.53. The van der Waals surface area contributed by atoms with Crippen molar-refractivity contribution < 1.29 is 29.7 Å². The number of hydrogen-bond acceptors (Lipinski definition) is 0. The molecule has 1 nitrogen and oxygen atoms in total. The number of halogens is 3. The average molecular weight is 204 g/mol. The average Bonchev–Trinajstić information content (AvgIpc) is 1.67. The largest absolute Gasteiger partial charge is 1.00 e. The standard InChI is InChI=1S/C6H10ClN.2ClH/c1-4-5-8(3)6(2)7;;/h4H,1-2,5H2,3H3;2*1H/p-1. The van der Waals surface area contributed by atoms with Gasteiger partial charge in [0.2, 0.25) is 0 Å². The highest BCUT2D eigenvalue weighted by atomic mass is 35.5. The SMILES string of the molecule is C=CC[NH+](C)C(=C)Cl.[Cl-].[Cl-]. The Morgan fingerprint density at radius 1 is 1.60 bits per heavy atom. The molecule has 4 heteroatoms. The van der Waals surface area contributed by atoms with Gasteiger partial charge in [0, 0.05) is 0 Å². The van der Waals surface area contributed by atoms with Gasteiger partial charge in [0.1, 0.15) is 6.54 Å². The predicted molar refractivity (Wildman–Crippen MR) is 36.9 cm³/mol. The molecule has 0 spiro atoms. The van der Waals surface area contributed by atoms with E-state index in [1.807, 2.05) is 13.1 Å². The van der Waals surface area contributed by atoms with Crippen LogP contribution < -0.4 is 29.7 Å². The van der Waals surface area contributed by atoms with Gasteiger partial charge in [-0.1, -0.05) is 6.58 Å². The third-order valence-electron chi connectivity index (χ3n) is 0.914. The van der Waals surface area contributed by atoms with Crippen molar-refractivity contribution >= 4 is 11.6 Å². The van der Waals surface area contributed by atoms with E-state index in [2.05, 4.69) is 13.2 Å². The molecular weight excluding hydrogens is 192 g/mol. The smallest absolute Gasteiger partial charge is 0.192 e. The lowest BCUT2D eigenvalue weighted by Gasteiger charge is -2.05. The molecule has 0 aromatic heterocycles. The fraction of sp³-hybridized carbons (Fsp3) is 0.333. The Hall–Kier alpha value is 0.310. The van der Waals surface area contributed by atoms with E-state index in [-0.39, 0.29) is 24.8 Å². The van der Waals surface area contributed by atoms with Gasteiger partial charge in [0.25, 0.3) is 0 Å². The highest BCUT2D eigenvalue weighted by Crippen LogP contribution is 1.79. The Kier molecular flexibility index (Phi) is 15.6. The lowest BCUT2D eigenvalue weighted by atomic mass is 10.6. The van der Waals surface area contributed by atoms with Crippen LogP contribution in [0.1, 0.15) is 0 Å². The third kappa shape index (κ3) is 8.31. The molecule has 1 N–H and O–H groups in total. The number of likely N-dealkylation sites (N-methyl/N-ethyl adjacent to an activating group) is 1. The van der Waals surface area contributed by atoms with Crippen LogP contribution in [0, 0.1) is 0 Å². The lowest BCUT2D eigenvalue weighted by Crippen LogP contribution is -3.05. The highest BCUT2D eigenvalue weighted by molar-refractivity contribution is 6.27. The first kappa shape index (κ1) is 16.7. The van der Waals surface area contributed by atoms with E-state index in [4.69, 9.17) is 11.6 Å². The van der Waals surface area contributed by atoms with Gasteiger partial charge in [-0.3, -0.25) is 4.90 Å². The van der Waals surface area contributed by atoms with Crippen LogP contribution in [-0.2, 0) is 0 Å². The van der Waals surface area contributed by atoms with E-state index in [1.54, 1.807) is 0 Å². The van der Waals surface area contributed by atoms with Crippen molar-refractivity contribution in [2.75, 3.05) is 13.6 Å². The highest BCUT2D eigenvalue weighted by Gasteiger charge is 1.98. The summed E-state index contributed by atoms with van der Waals surface area (Å²) in [7, 11) is 1.94. The Labute approximate surface area is 79.6 Å². The lowest BCUT2D eigenvalue weighted by molar-refractivity contribution is -0.824. The van der Waals surface area contributed by atoms with Crippen LogP contribution in [-0.4, -0.2) is 13.6 Å². The van der Waals surface area contributed by atoms with Crippen LogP contribution >= 0.6 is 11.6 Å². The molecule has 0 aliphatic carbocycles. The minimum Gasteiger partial charge on any atom is -1.00 e. The molecule has 0 saturated carbocycles. The summed E-state index contributed by atoms with van der Waals surface area (Å²) in [6.07, 6.45) is 1.81. The molecule has 0 rings (SSSR count). The van der Waals surface area contributed by atoms with Gasteiger partial charge < -0.3 is 24.8 Å². The second-order valence-electron chi connectivity index (χ2n) is 1.68. The van der Waals surface area contributed by atoms with Gasteiger partial charge in [-0.2, -0.15) is 0 Å². The minimum absolute atomic E-state index is 0. The van der Waals surface area contributed by atoms with E-state index in [9.17, 15) is 0 Å². The zero-order chi connectivity index (χ0) is 6.57. The zero-order valence-corrected chi connectivity index (χ0v) is 8.10. The van der Waals surface area contributed by atoms with E-state index in [1.165, 1.54) is 0 Å². The second kappa shape index (κ2) is 9.31. The molecule has 0 bridgehead atoms. The molecular formula is C6H11Cl3N-. The molecule has 0 aliphatic rings. The minimum atomic E-state index is 0. The van der Waals surface area contributed by atoms with Crippen molar-refractivity contribution in [3.05, 3.63) is 24.4 Å². The van der Waals surface area contributed by atoms with E-state index in [0.29, 0.717) is 5.16 Å². The van der Waals surface area contributed by atoms with E-state index >= 15 is 0 Å². The molecule has 0 amide bonds. The maximum Gasteiger partial charge on any atom is 0.192 e. The van der Waals surface area contributed by atoms with Crippen LogP contribution in [0.25, 0.3) is 0 Å². The third-order valence-corrected chi connectivity index (χ3v) is 1.24. The van der Waals surface area contributed by atoms with Crippen molar-refractivity contribution in [1.29, 1.82) is 0 Å². The number of quaternary nitrogens is 1. The van der Waals surface area contributed by atoms with Gasteiger partial charge in [0.05, 0.1) is 7.05 Å². The van der Waals surface area contributed by atoms with Crippen LogP contribution in [0.2, 0.25) is 0 Å². The first-order valence-corrected chi connectivity index (χ1v) is 2.84. The summed E-state index contributed by atoms with van der Waals surface area (Å²) < 4.78 is 0. The first-order chi connectivity index (χ1) is 3.68. The van der Waals surface area contributed by atoms with Crippen LogP contribution in [0.15, 0.2) is 24.4 Å². The zero-order valence-electron chi connectivity index (χ0n) is 5.83. The van der Waals surface area contributed by atoms with Gasteiger partial charge in [0.15, 0.2) is 5.16 Å². The molecule has 62 valence electrons. The molecule has 1 unspecified atom stereocenters. The second-order valence-corrected chi connectivity index (χ2v) is 2.13. The summed E-state index contributed by atoms with van der Waals surface area (Å²) in [5.74, 6) is 0. The number of nitrogens with one attached hydrogen (secondary N) is 1. The van der Waals surface area contributed by atoms with Gasteiger partial charge in [-0.25, -0.2) is 0 Å². The molecule has 0 aromatic rings. The summed E-state index contributed by atoms with van der Waals surface area (Å²) in [5.41, 5.74) is 0. The Balaban J connectivity index is -0.000000245. The maximum atomic E-state index is 5.53. The fourth-order valence-electron chi connectivity index (χ4n) is 0.327. The summed E-state index contributed by atoms with van der Waals surface area (Å²) in [5, 5.41) is 0.630. The van der Waals surface area contributed by atoms with E-state index in [0.717, 1.165) is 11.4 Å². The molecule has 1 atom stereocenters. The first-order valence-electron chi connectivity index (χ1n) is 2.46. The van der Waals surface area contributed by atoms with Crippen molar-refractivity contribution in [2.45, 2.75) is 0 Å². The van der Waals surface area contributed by atoms with Crippen LogP contribution in [0.5, 0.6) is 0 Å². The number of hydrogen-bond donors (Lipinski definition) is 1. The monoisotopic (exact) mass is 202 g/mol. The molecule has 10 heavy (non-hydrogen) atoms. The molecule has 0 aromatic carbocycles. The summed E-state index contributed by atoms with van der Waals surface area (Å²) in [4.78, 5) is 1.08. The van der Waals surface area contributed by atoms with E-state index < -0.39 is 0 Å². The normalized spacial score (nSPS) is 10.2. The van der Waals surface area contributed by atoms with Gasteiger partial charge in [-0.15, -0.1) is 0 Å². The van der Waals surface area contributed by atoms with Crippen molar-refractivity contribution in [3.8, 4) is 0 Å². The van der Waals surface area contributed by atoms with Crippen molar-refractivity contribution in [1.82, 2.24) is 0 Å². The molecule has 0 saturated heterocycles. The van der Waals surface area contributed by atoms with Gasteiger partial charge >= 0.3 is 0 Å². The topological polar surface area (TPSA) is 4.44 Å².